The van der Waals surface area contributed by atoms with E-state index in [1.165, 1.54) is 0 Å². The van der Waals surface area contributed by atoms with E-state index < -0.39 is 30.0 Å². The normalized spacial score (nSPS) is 24.5. The number of aliphatic hydroxyl groups excluding tert-OH is 3. The first-order chi connectivity index (χ1) is 6.20. The summed E-state index contributed by atoms with van der Waals surface area (Å²) in [7, 11) is 0. The average molecular weight is 208 g/mol. The van der Waals surface area contributed by atoms with E-state index >= 15 is 0 Å². The van der Waals surface area contributed by atoms with Crippen molar-refractivity contribution >= 4 is 6.29 Å². The fourth-order valence-electron chi connectivity index (χ4n) is 1.02. The van der Waals surface area contributed by atoms with Gasteiger partial charge in [-0.1, -0.05) is 0 Å². The molecule has 0 heterocycles. The topological polar surface area (TPSA) is 118 Å². The molecule has 84 valence electrons. The van der Waals surface area contributed by atoms with Crippen LogP contribution in [0.3, 0.4) is 0 Å². The minimum absolute atomic E-state index is 0.0518. The van der Waals surface area contributed by atoms with E-state index in [2.05, 4.69) is 0 Å². The average Bonchev–Trinajstić information content (AvgIpc) is 2.15. The molecule has 14 heavy (non-hydrogen) atoms. The Morgan fingerprint density at radius 2 is 1.71 bits per heavy atom. The first kappa shape index (κ1) is 13.5. The predicted octanol–water partition coefficient (Wildman–Crippen LogP) is -2.60. The molecule has 0 aliphatic carbocycles. The minimum Gasteiger partial charge on any atom is -0.394 e. The molecule has 0 radical (unpaired) electrons. The van der Waals surface area contributed by atoms with E-state index in [1.807, 2.05) is 0 Å². The fourth-order valence-corrected chi connectivity index (χ4v) is 1.02. The van der Waals surface area contributed by atoms with Crippen LogP contribution in [0.4, 0.5) is 0 Å². The fraction of sp³-hybridized carbons (Fsp3) is 0.875. The Kier molecular flexibility index (Phi) is 4.16. The summed E-state index contributed by atoms with van der Waals surface area (Å²) in [5.74, 6) is 0. The Morgan fingerprint density at radius 1 is 1.29 bits per heavy atom. The van der Waals surface area contributed by atoms with Crippen molar-refractivity contribution in [2.24, 2.45) is 0 Å². The molecular weight excluding hydrogens is 192 g/mol. The molecule has 0 saturated heterocycles. The number of aldehydes is 1. The van der Waals surface area contributed by atoms with Gasteiger partial charge < -0.3 is 30.3 Å². The SMILES string of the molecule is C[C@](O)([C@H](O)CO)[C@H](O)[C@@](C)(O)C=O. The molecule has 0 aromatic carbocycles. The van der Waals surface area contributed by atoms with Crippen molar-refractivity contribution in [1.29, 1.82) is 0 Å². The van der Waals surface area contributed by atoms with E-state index in [9.17, 15) is 20.1 Å². The van der Waals surface area contributed by atoms with Crippen molar-refractivity contribution in [3.8, 4) is 0 Å². The third-order valence-electron chi connectivity index (χ3n) is 2.19. The van der Waals surface area contributed by atoms with Crippen LogP contribution < -0.4 is 0 Å². The summed E-state index contributed by atoms with van der Waals surface area (Å²) in [6.45, 7) is 1.21. The van der Waals surface area contributed by atoms with Crippen LogP contribution in [0, 0.1) is 0 Å². The third kappa shape index (κ3) is 2.49. The molecule has 0 aromatic rings. The largest absolute Gasteiger partial charge is 0.394 e. The standard InChI is InChI=1S/C8H16O6/c1-7(13,4-10)6(12)8(2,14)5(11)3-9/h4-6,9,11-14H,3H2,1-2H3/t5-,6-,7+,8+/m1/s1. The highest BCUT2D eigenvalue weighted by Crippen LogP contribution is 2.23. The summed E-state index contributed by atoms with van der Waals surface area (Å²) < 4.78 is 0. The number of hydrogen-bond acceptors (Lipinski definition) is 6. The molecular formula is C8H16O6. The van der Waals surface area contributed by atoms with E-state index in [-0.39, 0.29) is 6.29 Å². The van der Waals surface area contributed by atoms with E-state index in [4.69, 9.17) is 10.2 Å². The van der Waals surface area contributed by atoms with Crippen molar-refractivity contribution in [3.63, 3.8) is 0 Å². The summed E-state index contributed by atoms with van der Waals surface area (Å²) in [6, 6.07) is 0. The first-order valence-corrected chi connectivity index (χ1v) is 4.08. The molecule has 6 nitrogen and oxygen atoms in total. The number of carbonyl (C=O) groups excluding carboxylic acids is 1. The van der Waals surface area contributed by atoms with Crippen LogP contribution in [0.25, 0.3) is 0 Å². The van der Waals surface area contributed by atoms with Gasteiger partial charge in [0.05, 0.1) is 6.61 Å². The van der Waals surface area contributed by atoms with Gasteiger partial charge in [-0.2, -0.15) is 0 Å². The molecule has 6 heteroatoms. The number of carbonyl (C=O) groups is 1. The Bertz CT molecular complexity index is 200. The van der Waals surface area contributed by atoms with Crippen molar-refractivity contribution in [1.82, 2.24) is 0 Å². The maximum Gasteiger partial charge on any atom is 0.154 e. The lowest BCUT2D eigenvalue weighted by Crippen LogP contribution is -2.60. The van der Waals surface area contributed by atoms with Crippen molar-refractivity contribution in [3.05, 3.63) is 0 Å². The van der Waals surface area contributed by atoms with E-state index in [0.29, 0.717) is 0 Å². The molecule has 0 rings (SSSR count). The van der Waals surface area contributed by atoms with Gasteiger partial charge in [0, 0.05) is 0 Å². The zero-order valence-corrected chi connectivity index (χ0v) is 8.08. The summed E-state index contributed by atoms with van der Waals surface area (Å²) >= 11 is 0. The van der Waals surface area contributed by atoms with Gasteiger partial charge in [0.1, 0.15) is 23.4 Å². The van der Waals surface area contributed by atoms with E-state index in [0.717, 1.165) is 13.8 Å². The maximum absolute atomic E-state index is 10.4. The van der Waals surface area contributed by atoms with Gasteiger partial charge in [0.2, 0.25) is 0 Å². The highest BCUT2D eigenvalue weighted by atomic mass is 16.4. The van der Waals surface area contributed by atoms with Gasteiger partial charge >= 0.3 is 0 Å². The highest BCUT2D eigenvalue weighted by Gasteiger charge is 2.47. The second-order valence-corrected chi connectivity index (χ2v) is 3.67. The molecule has 0 amide bonds. The number of aliphatic hydroxyl groups is 5. The Hall–Kier alpha value is -0.530. The van der Waals surface area contributed by atoms with E-state index in [1.54, 1.807) is 0 Å². The first-order valence-electron chi connectivity index (χ1n) is 4.08. The van der Waals surface area contributed by atoms with Crippen LogP contribution in [0.1, 0.15) is 13.8 Å². The van der Waals surface area contributed by atoms with Gasteiger partial charge in [0.15, 0.2) is 6.29 Å². The molecule has 0 aromatic heterocycles. The van der Waals surface area contributed by atoms with Gasteiger partial charge in [-0.25, -0.2) is 0 Å². The Morgan fingerprint density at radius 3 is 2.00 bits per heavy atom. The minimum atomic E-state index is -2.18. The second kappa shape index (κ2) is 4.33. The maximum atomic E-state index is 10.4. The van der Waals surface area contributed by atoms with Gasteiger partial charge in [-0.3, -0.25) is 0 Å². The Labute approximate surface area is 81.4 Å². The molecule has 4 atom stereocenters. The number of rotatable bonds is 5. The van der Waals surface area contributed by atoms with Crippen LogP contribution in [0.5, 0.6) is 0 Å². The van der Waals surface area contributed by atoms with Crippen molar-refractivity contribution in [2.75, 3.05) is 6.61 Å². The van der Waals surface area contributed by atoms with Crippen LogP contribution >= 0.6 is 0 Å². The zero-order valence-electron chi connectivity index (χ0n) is 8.08. The molecule has 0 fully saturated rings. The van der Waals surface area contributed by atoms with Crippen LogP contribution in [-0.2, 0) is 4.79 Å². The van der Waals surface area contributed by atoms with Gasteiger partial charge in [-0.05, 0) is 13.8 Å². The smallest absolute Gasteiger partial charge is 0.154 e. The molecule has 0 saturated carbocycles. The van der Waals surface area contributed by atoms with Crippen LogP contribution in [-0.4, -0.2) is 61.8 Å². The molecule has 5 N–H and O–H groups in total. The highest BCUT2D eigenvalue weighted by molar-refractivity contribution is 5.62. The summed E-state index contributed by atoms with van der Waals surface area (Å²) in [4.78, 5) is 10.4. The molecule has 0 unspecified atom stereocenters. The summed E-state index contributed by atoms with van der Waals surface area (Å²) in [5.41, 5.74) is -4.35. The zero-order chi connectivity index (χ0) is 11.6. The monoisotopic (exact) mass is 208 g/mol. The van der Waals surface area contributed by atoms with Crippen LogP contribution in [0.15, 0.2) is 0 Å². The third-order valence-corrected chi connectivity index (χ3v) is 2.19. The molecule has 0 spiro atoms. The number of hydrogen-bond donors (Lipinski definition) is 5. The Balaban J connectivity index is 4.82. The predicted molar refractivity (Wildman–Crippen MR) is 46.4 cm³/mol. The van der Waals surface area contributed by atoms with Crippen LogP contribution in [0.2, 0.25) is 0 Å². The van der Waals surface area contributed by atoms with Crippen molar-refractivity contribution in [2.45, 2.75) is 37.3 Å². The van der Waals surface area contributed by atoms with Gasteiger partial charge in [0.25, 0.3) is 0 Å². The lowest BCUT2D eigenvalue weighted by Gasteiger charge is -2.37. The summed E-state index contributed by atoms with van der Waals surface area (Å²) in [6.07, 6.45) is -3.49. The quantitative estimate of drug-likeness (QED) is 0.316. The summed E-state index contributed by atoms with van der Waals surface area (Å²) in [5, 5.41) is 45.9. The van der Waals surface area contributed by atoms with Crippen molar-refractivity contribution < 1.29 is 30.3 Å². The lowest BCUT2D eigenvalue weighted by molar-refractivity contribution is -0.198. The van der Waals surface area contributed by atoms with Gasteiger partial charge in [-0.15, -0.1) is 0 Å². The lowest BCUT2D eigenvalue weighted by atomic mass is 9.83. The molecule has 0 aliphatic heterocycles. The molecule has 0 aliphatic rings. The second-order valence-electron chi connectivity index (χ2n) is 3.67. The molecule has 0 bridgehead atoms.